The number of ether oxygens (including phenoxy) is 1. The predicted octanol–water partition coefficient (Wildman–Crippen LogP) is 2.74. The molecule has 0 amide bonds. The second kappa shape index (κ2) is 5.32. The highest BCUT2D eigenvalue weighted by Crippen LogP contribution is 2.12. The van der Waals surface area contributed by atoms with Crippen molar-refractivity contribution in [3.05, 3.63) is 35.2 Å². The molecule has 2 aromatic heterocycles. The Bertz CT molecular complexity index is 512. The number of fused-ring (bicyclic) bond motifs is 1. The molecule has 0 unspecified atom stereocenters. The Balaban J connectivity index is 0.00000128. The lowest BCUT2D eigenvalue weighted by atomic mass is 10.5. The van der Waals surface area contributed by atoms with E-state index in [2.05, 4.69) is 4.98 Å². The number of pyridine rings is 1. The fourth-order valence-electron chi connectivity index (χ4n) is 1.26. The summed E-state index contributed by atoms with van der Waals surface area (Å²) in [6.45, 7) is 2.10. The Kier molecular flexibility index (Phi) is 4.32. The molecule has 0 saturated heterocycles. The molecule has 0 aliphatic heterocycles. The number of nitrogens with zero attached hydrogens (tertiary/aromatic N) is 2. The van der Waals surface area contributed by atoms with Crippen LogP contribution in [0.15, 0.2) is 24.5 Å². The lowest BCUT2D eigenvalue weighted by Gasteiger charge is -1.95. The van der Waals surface area contributed by atoms with Crippen molar-refractivity contribution in [2.45, 2.75) is 6.92 Å². The zero-order valence-electron chi connectivity index (χ0n) is 8.51. The number of carbonyl (C=O) groups is 1. The summed E-state index contributed by atoms with van der Waals surface area (Å²) in [7, 11) is 0. The number of imidazole rings is 1. The maximum absolute atomic E-state index is 11.4. The maximum Gasteiger partial charge on any atom is 0.358 e. The molecule has 0 fully saturated rings. The van der Waals surface area contributed by atoms with Gasteiger partial charge < -0.3 is 9.14 Å². The highest BCUT2D eigenvalue weighted by atomic mass is 79.9. The van der Waals surface area contributed by atoms with Crippen LogP contribution in [0.5, 0.6) is 0 Å². The van der Waals surface area contributed by atoms with E-state index in [9.17, 15) is 4.79 Å². The van der Waals surface area contributed by atoms with Crippen LogP contribution in [0.2, 0.25) is 5.02 Å². The van der Waals surface area contributed by atoms with Crippen molar-refractivity contribution in [1.82, 2.24) is 9.38 Å². The van der Waals surface area contributed by atoms with Gasteiger partial charge in [0.1, 0.15) is 5.65 Å². The molecule has 16 heavy (non-hydrogen) atoms. The lowest BCUT2D eigenvalue weighted by Crippen LogP contribution is -2.04. The molecule has 2 aromatic rings. The van der Waals surface area contributed by atoms with E-state index in [-0.39, 0.29) is 17.0 Å². The molecule has 0 aliphatic rings. The van der Waals surface area contributed by atoms with Crippen LogP contribution >= 0.6 is 28.6 Å². The van der Waals surface area contributed by atoms with Gasteiger partial charge in [-0.3, -0.25) is 0 Å². The molecular formula is C10H10BrClN2O2. The molecule has 0 aromatic carbocycles. The Morgan fingerprint density at radius 2 is 2.38 bits per heavy atom. The standard InChI is InChI=1S/C10H9ClN2O2.BrH/c1-2-15-10(14)8-6-13-4-3-7(11)5-9(13)12-8;/h3-6H,2H2,1H3;1H. The van der Waals surface area contributed by atoms with Gasteiger partial charge in [0.25, 0.3) is 0 Å². The summed E-state index contributed by atoms with van der Waals surface area (Å²) in [5, 5.41) is 0.587. The van der Waals surface area contributed by atoms with Crippen molar-refractivity contribution >= 4 is 40.2 Å². The minimum atomic E-state index is -0.419. The number of carbonyl (C=O) groups excluding carboxylic acids is 1. The van der Waals surface area contributed by atoms with Crippen LogP contribution in [-0.2, 0) is 4.74 Å². The second-order valence-electron chi connectivity index (χ2n) is 2.96. The molecule has 6 heteroatoms. The Labute approximate surface area is 108 Å². The SMILES string of the molecule is Br.CCOC(=O)c1cn2ccc(Cl)cc2n1. The molecule has 0 bridgehead atoms. The van der Waals surface area contributed by atoms with E-state index in [4.69, 9.17) is 16.3 Å². The first-order chi connectivity index (χ1) is 7.20. The molecule has 0 aliphatic carbocycles. The van der Waals surface area contributed by atoms with Gasteiger partial charge in [-0.2, -0.15) is 0 Å². The number of esters is 1. The zero-order valence-corrected chi connectivity index (χ0v) is 11.0. The normalized spacial score (nSPS) is 9.88. The second-order valence-corrected chi connectivity index (χ2v) is 3.39. The summed E-state index contributed by atoms with van der Waals surface area (Å²) in [4.78, 5) is 15.5. The summed E-state index contributed by atoms with van der Waals surface area (Å²) >= 11 is 5.80. The summed E-state index contributed by atoms with van der Waals surface area (Å²) in [6.07, 6.45) is 3.36. The highest BCUT2D eigenvalue weighted by molar-refractivity contribution is 8.93. The summed E-state index contributed by atoms with van der Waals surface area (Å²) < 4.78 is 6.56. The van der Waals surface area contributed by atoms with Crippen LogP contribution in [-0.4, -0.2) is 22.0 Å². The first kappa shape index (κ1) is 13.0. The monoisotopic (exact) mass is 304 g/mol. The molecule has 0 spiro atoms. The van der Waals surface area contributed by atoms with Crippen LogP contribution in [0.4, 0.5) is 0 Å². The van der Waals surface area contributed by atoms with Gasteiger partial charge in [-0.25, -0.2) is 9.78 Å². The average Bonchev–Trinajstić information content (AvgIpc) is 2.60. The zero-order chi connectivity index (χ0) is 10.8. The van der Waals surface area contributed by atoms with Crippen LogP contribution in [0.25, 0.3) is 5.65 Å². The van der Waals surface area contributed by atoms with Gasteiger partial charge in [0.2, 0.25) is 0 Å². The van der Waals surface area contributed by atoms with E-state index >= 15 is 0 Å². The number of hydrogen-bond acceptors (Lipinski definition) is 3. The van der Waals surface area contributed by atoms with Gasteiger partial charge in [0, 0.05) is 23.5 Å². The van der Waals surface area contributed by atoms with E-state index in [1.165, 1.54) is 0 Å². The maximum atomic E-state index is 11.4. The minimum Gasteiger partial charge on any atom is -0.461 e. The quantitative estimate of drug-likeness (QED) is 0.801. The summed E-state index contributed by atoms with van der Waals surface area (Å²) in [5.41, 5.74) is 0.921. The summed E-state index contributed by atoms with van der Waals surface area (Å²) in [5.74, 6) is -0.419. The van der Waals surface area contributed by atoms with Gasteiger partial charge in [0.15, 0.2) is 5.69 Å². The van der Waals surface area contributed by atoms with Crippen molar-refractivity contribution < 1.29 is 9.53 Å². The highest BCUT2D eigenvalue weighted by Gasteiger charge is 2.11. The van der Waals surface area contributed by atoms with Gasteiger partial charge in [-0.15, -0.1) is 17.0 Å². The molecule has 4 nitrogen and oxygen atoms in total. The van der Waals surface area contributed by atoms with Crippen LogP contribution < -0.4 is 0 Å². The third-order valence-corrected chi connectivity index (χ3v) is 2.14. The topological polar surface area (TPSA) is 43.6 Å². The van der Waals surface area contributed by atoms with Crippen LogP contribution in [0.1, 0.15) is 17.4 Å². The van der Waals surface area contributed by atoms with Crippen molar-refractivity contribution in [2.24, 2.45) is 0 Å². The molecule has 0 radical (unpaired) electrons. The van der Waals surface area contributed by atoms with E-state index in [0.29, 0.717) is 23.0 Å². The fraction of sp³-hybridized carbons (Fsp3) is 0.200. The Morgan fingerprint density at radius 3 is 3.06 bits per heavy atom. The molecule has 0 N–H and O–H groups in total. The molecule has 86 valence electrons. The van der Waals surface area contributed by atoms with Gasteiger partial charge >= 0.3 is 5.97 Å². The molecule has 2 rings (SSSR count). The van der Waals surface area contributed by atoms with E-state index < -0.39 is 5.97 Å². The Morgan fingerprint density at radius 1 is 1.62 bits per heavy atom. The number of hydrogen-bond donors (Lipinski definition) is 0. The number of aromatic nitrogens is 2. The number of halogens is 2. The molecular weight excluding hydrogens is 295 g/mol. The van der Waals surface area contributed by atoms with E-state index in [1.807, 2.05) is 0 Å². The number of rotatable bonds is 2. The van der Waals surface area contributed by atoms with Crippen molar-refractivity contribution in [1.29, 1.82) is 0 Å². The van der Waals surface area contributed by atoms with E-state index in [0.717, 1.165) is 0 Å². The first-order valence-corrected chi connectivity index (χ1v) is 4.90. The summed E-state index contributed by atoms with van der Waals surface area (Å²) in [6, 6.07) is 3.41. The van der Waals surface area contributed by atoms with Crippen molar-refractivity contribution in [3.63, 3.8) is 0 Å². The fourth-order valence-corrected chi connectivity index (χ4v) is 1.41. The van der Waals surface area contributed by atoms with Crippen LogP contribution in [0.3, 0.4) is 0 Å². The molecule has 0 saturated carbocycles. The first-order valence-electron chi connectivity index (χ1n) is 4.52. The third kappa shape index (κ3) is 2.54. The van der Waals surface area contributed by atoms with Crippen molar-refractivity contribution in [3.8, 4) is 0 Å². The lowest BCUT2D eigenvalue weighted by molar-refractivity contribution is 0.0520. The van der Waals surface area contributed by atoms with Gasteiger partial charge in [-0.1, -0.05) is 11.6 Å². The van der Waals surface area contributed by atoms with E-state index in [1.54, 1.807) is 35.9 Å². The molecule has 2 heterocycles. The van der Waals surface area contributed by atoms with Crippen molar-refractivity contribution in [2.75, 3.05) is 6.61 Å². The smallest absolute Gasteiger partial charge is 0.358 e. The van der Waals surface area contributed by atoms with Gasteiger partial charge in [0.05, 0.1) is 6.61 Å². The molecule has 0 atom stereocenters. The third-order valence-electron chi connectivity index (χ3n) is 1.91. The Hall–Kier alpha value is -1.07. The van der Waals surface area contributed by atoms with Gasteiger partial charge in [-0.05, 0) is 13.0 Å². The largest absolute Gasteiger partial charge is 0.461 e. The van der Waals surface area contributed by atoms with Crippen LogP contribution in [0, 0.1) is 0 Å². The predicted molar refractivity (Wildman–Crippen MR) is 66.5 cm³/mol. The average molecular weight is 306 g/mol. The minimum absolute atomic E-state index is 0.